The summed E-state index contributed by atoms with van der Waals surface area (Å²) in [7, 11) is 0. The number of likely N-dealkylation sites (tertiary alicyclic amines) is 1. The van der Waals surface area contributed by atoms with Crippen LogP contribution in [0, 0.1) is 5.92 Å². The molecule has 2 aliphatic rings. The molecule has 1 heterocycles. The van der Waals surface area contributed by atoms with Crippen LogP contribution in [0.5, 0.6) is 0 Å². The summed E-state index contributed by atoms with van der Waals surface area (Å²) in [5.74, 6) is 1.40. The predicted molar refractivity (Wildman–Crippen MR) is 91.7 cm³/mol. The highest BCUT2D eigenvalue weighted by atomic mass is 15.2. The number of benzene rings is 1. The molecule has 120 valence electrons. The van der Waals surface area contributed by atoms with Gasteiger partial charge in [0.2, 0.25) is 0 Å². The second-order valence-corrected chi connectivity index (χ2v) is 6.66. The standard InChI is InChI=1S/C18H28N4/c19-18(20-12-15-8-4-9-15)21-13-17-10-5-11-22(17)14-16-6-2-1-3-7-16/h1-3,6-7,15,17H,4-5,8-14H2,(H3,19,20,21). The van der Waals surface area contributed by atoms with E-state index in [9.17, 15) is 0 Å². The molecule has 0 spiro atoms. The van der Waals surface area contributed by atoms with Gasteiger partial charge in [0.25, 0.3) is 0 Å². The number of rotatable bonds is 6. The fourth-order valence-electron chi connectivity index (χ4n) is 3.33. The van der Waals surface area contributed by atoms with Crippen molar-refractivity contribution < 1.29 is 0 Å². The van der Waals surface area contributed by atoms with Crippen LogP contribution >= 0.6 is 0 Å². The SMILES string of the molecule is NC(=NCC1CCC1)NCC1CCCN1Cc1ccccc1. The largest absolute Gasteiger partial charge is 0.370 e. The Morgan fingerprint density at radius 2 is 2.00 bits per heavy atom. The van der Waals surface area contributed by atoms with Crippen LogP contribution in [0.1, 0.15) is 37.7 Å². The Kier molecular flexibility index (Phi) is 5.33. The molecule has 1 saturated carbocycles. The zero-order valence-corrected chi connectivity index (χ0v) is 13.4. The smallest absolute Gasteiger partial charge is 0.188 e. The second kappa shape index (κ2) is 7.63. The lowest BCUT2D eigenvalue weighted by Crippen LogP contribution is -2.42. The van der Waals surface area contributed by atoms with E-state index in [1.807, 2.05) is 0 Å². The van der Waals surface area contributed by atoms with E-state index in [0.29, 0.717) is 12.0 Å². The van der Waals surface area contributed by atoms with E-state index >= 15 is 0 Å². The molecule has 3 rings (SSSR count). The minimum atomic E-state index is 0.567. The number of aliphatic imine (C=N–C) groups is 1. The normalized spacial score (nSPS) is 23.5. The van der Waals surface area contributed by atoms with E-state index < -0.39 is 0 Å². The minimum absolute atomic E-state index is 0.567. The molecule has 4 nitrogen and oxygen atoms in total. The molecule has 0 radical (unpaired) electrons. The summed E-state index contributed by atoms with van der Waals surface area (Å²) in [6, 6.07) is 11.3. The van der Waals surface area contributed by atoms with Crippen LogP contribution in [-0.2, 0) is 6.54 Å². The second-order valence-electron chi connectivity index (χ2n) is 6.66. The van der Waals surface area contributed by atoms with Crippen LogP contribution < -0.4 is 11.1 Å². The van der Waals surface area contributed by atoms with Crippen molar-refractivity contribution in [3.63, 3.8) is 0 Å². The van der Waals surface area contributed by atoms with Crippen molar-refractivity contribution in [2.45, 2.75) is 44.7 Å². The molecule has 1 aromatic carbocycles. The van der Waals surface area contributed by atoms with Crippen molar-refractivity contribution in [2.24, 2.45) is 16.6 Å². The third-order valence-electron chi connectivity index (χ3n) is 4.99. The highest BCUT2D eigenvalue weighted by Gasteiger charge is 2.24. The van der Waals surface area contributed by atoms with Crippen molar-refractivity contribution in [3.8, 4) is 0 Å². The maximum atomic E-state index is 6.00. The van der Waals surface area contributed by atoms with Crippen LogP contribution in [0.3, 0.4) is 0 Å². The lowest BCUT2D eigenvalue weighted by molar-refractivity contribution is 0.245. The van der Waals surface area contributed by atoms with Gasteiger partial charge >= 0.3 is 0 Å². The van der Waals surface area contributed by atoms with Crippen LogP contribution in [0.25, 0.3) is 0 Å². The number of nitrogens with one attached hydrogen (secondary N) is 1. The quantitative estimate of drug-likeness (QED) is 0.626. The van der Waals surface area contributed by atoms with Crippen LogP contribution in [0.2, 0.25) is 0 Å². The Morgan fingerprint density at radius 3 is 2.73 bits per heavy atom. The van der Waals surface area contributed by atoms with E-state index in [1.165, 1.54) is 44.2 Å². The van der Waals surface area contributed by atoms with Crippen molar-refractivity contribution >= 4 is 5.96 Å². The van der Waals surface area contributed by atoms with Crippen molar-refractivity contribution in [1.82, 2.24) is 10.2 Å². The summed E-state index contributed by atoms with van der Waals surface area (Å²) in [5, 5.41) is 3.33. The number of nitrogens with two attached hydrogens (primary N) is 1. The zero-order chi connectivity index (χ0) is 15.2. The van der Waals surface area contributed by atoms with Gasteiger partial charge in [-0.15, -0.1) is 0 Å². The van der Waals surface area contributed by atoms with Gasteiger partial charge in [-0.05, 0) is 43.7 Å². The third-order valence-corrected chi connectivity index (χ3v) is 4.99. The Balaban J connectivity index is 1.44. The minimum Gasteiger partial charge on any atom is -0.370 e. The van der Waals surface area contributed by atoms with E-state index in [0.717, 1.165) is 25.6 Å². The average molecular weight is 300 g/mol. The summed E-state index contributed by atoms with van der Waals surface area (Å²) in [6.45, 7) is 4.02. The van der Waals surface area contributed by atoms with Crippen LogP contribution in [0.4, 0.5) is 0 Å². The van der Waals surface area contributed by atoms with E-state index in [1.54, 1.807) is 0 Å². The van der Waals surface area contributed by atoms with Gasteiger partial charge in [-0.25, -0.2) is 0 Å². The molecule has 22 heavy (non-hydrogen) atoms. The van der Waals surface area contributed by atoms with Crippen LogP contribution in [0.15, 0.2) is 35.3 Å². The van der Waals surface area contributed by atoms with Crippen molar-refractivity contribution in [2.75, 3.05) is 19.6 Å². The summed E-state index contributed by atoms with van der Waals surface area (Å²) < 4.78 is 0. The molecular weight excluding hydrogens is 272 g/mol. The summed E-state index contributed by atoms with van der Waals surface area (Å²) in [6.07, 6.45) is 6.53. The molecule has 0 amide bonds. The first-order valence-electron chi connectivity index (χ1n) is 8.63. The highest BCUT2D eigenvalue weighted by molar-refractivity contribution is 5.77. The summed E-state index contributed by atoms with van der Waals surface area (Å²) in [4.78, 5) is 7.04. The topological polar surface area (TPSA) is 53.6 Å². The number of hydrogen-bond donors (Lipinski definition) is 2. The Hall–Kier alpha value is -1.55. The first kappa shape index (κ1) is 15.3. The molecule has 1 saturated heterocycles. The van der Waals surface area contributed by atoms with Gasteiger partial charge in [0.1, 0.15) is 0 Å². The maximum Gasteiger partial charge on any atom is 0.188 e. The number of guanidine groups is 1. The first-order chi connectivity index (χ1) is 10.8. The van der Waals surface area contributed by atoms with E-state index in [-0.39, 0.29) is 0 Å². The highest BCUT2D eigenvalue weighted by Crippen LogP contribution is 2.26. The molecule has 1 unspecified atom stereocenters. The molecule has 3 N–H and O–H groups in total. The lowest BCUT2D eigenvalue weighted by Gasteiger charge is -2.25. The van der Waals surface area contributed by atoms with E-state index in [2.05, 4.69) is 45.5 Å². The molecule has 1 aliphatic heterocycles. The van der Waals surface area contributed by atoms with E-state index in [4.69, 9.17) is 5.73 Å². The summed E-state index contributed by atoms with van der Waals surface area (Å²) >= 11 is 0. The monoisotopic (exact) mass is 300 g/mol. The van der Waals surface area contributed by atoms with Gasteiger partial charge in [0.15, 0.2) is 5.96 Å². The molecule has 4 heteroatoms. The first-order valence-corrected chi connectivity index (χ1v) is 8.63. The zero-order valence-electron chi connectivity index (χ0n) is 13.4. The van der Waals surface area contributed by atoms with Crippen molar-refractivity contribution in [1.29, 1.82) is 0 Å². The number of hydrogen-bond acceptors (Lipinski definition) is 2. The molecule has 1 aromatic rings. The van der Waals surface area contributed by atoms with Gasteiger partial charge in [-0.1, -0.05) is 36.8 Å². The Bertz CT molecular complexity index is 481. The fraction of sp³-hybridized carbons (Fsp3) is 0.611. The maximum absolute atomic E-state index is 6.00. The molecule has 2 fully saturated rings. The Morgan fingerprint density at radius 1 is 1.18 bits per heavy atom. The Labute approximate surface area is 133 Å². The summed E-state index contributed by atoms with van der Waals surface area (Å²) in [5.41, 5.74) is 7.39. The van der Waals surface area contributed by atoms with Gasteiger partial charge in [-0.2, -0.15) is 0 Å². The predicted octanol–water partition coefficient (Wildman–Crippen LogP) is 2.36. The fourth-order valence-corrected chi connectivity index (χ4v) is 3.33. The molecule has 1 aliphatic carbocycles. The van der Waals surface area contributed by atoms with Gasteiger partial charge < -0.3 is 11.1 Å². The van der Waals surface area contributed by atoms with Crippen LogP contribution in [-0.4, -0.2) is 36.5 Å². The lowest BCUT2D eigenvalue weighted by atomic mass is 9.86. The molecule has 0 bridgehead atoms. The molecule has 0 aromatic heterocycles. The third kappa shape index (κ3) is 4.23. The van der Waals surface area contributed by atoms with Crippen molar-refractivity contribution in [3.05, 3.63) is 35.9 Å². The average Bonchev–Trinajstić information content (AvgIpc) is 2.92. The van der Waals surface area contributed by atoms with Gasteiger partial charge in [0, 0.05) is 25.7 Å². The number of nitrogens with zero attached hydrogens (tertiary/aromatic N) is 2. The van der Waals surface area contributed by atoms with Gasteiger partial charge in [-0.3, -0.25) is 9.89 Å². The van der Waals surface area contributed by atoms with Gasteiger partial charge in [0.05, 0.1) is 0 Å². The molecular formula is C18H28N4. The molecule has 1 atom stereocenters.